The van der Waals surface area contributed by atoms with Gasteiger partial charge in [0.05, 0.1) is 11.1 Å². The summed E-state index contributed by atoms with van der Waals surface area (Å²) in [6.07, 6.45) is 0. The molecule has 3 rings (SSSR count). The number of hydrogen-bond donors (Lipinski definition) is 2. The SMILES string of the molecule is Cc1cc2c(=O)[nH]c(SCC(=O)Nc3cccc(C)c3C)nc2s1. The predicted octanol–water partition coefficient (Wildman–Crippen LogP) is 3.64. The Morgan fingerprint density at radius 1 is 1.33 bits per heavy atom. The summed E-state index contributed by atoms with van der Waals surface area (Å²) >= 11 is 2.70. The first-order chi connectivity index (χ1) is 11.4. The Morgan fingerprint density at radius 2 is 2.12 bits per heavy atom. The van der Waals surface area contributed by atoms with Gasteiger partial charge in [-0.1, -0.05) is 23.9 Å². The van der Waals surface area contributed by atoms with Gasteiger partial charge in [-0.15, -0.1) is 11.3 Å². The summed E-state index contributed by atoms with van der Waals surface area (Å²) in [5, 5.41) is 3.96. The van der Waals surface area contributed by atoms with Crippen molar-refractivity contribution >= 4 is 44.9 Å². The second kappa shape index (κ2) is 6.78. The number of thioether (sulfide) groups is 1. The predicted molar refractivity (Wildman–Crippen MR) is 100 cm³/mol. The lowest BCUT2D eigenvalue weighted by molar-refractivity contribution is -0.113. The minimum atomic E-state index is -0.165. The minimum Gasteiger partial charge on any atom is -0.325 e. The van der Waals surface area contributed by atoms with Crippen LogP contribution in [0.4, 0.5) is 5.69 Å². The zero-order valence-corrected chi connectivity index (χ0v) is 15.2. The highest BCUT2D eigenvalue weighted by molar-refractivity contribution is 7.99. The quantitative estimate of drug-likeness (QED) is 0.551. The highest BCUT2D eigenvalue weighted by Crippen LogP contribution is 2.23. The molecule has 24 heavy (non-hydrogen) atoms. The van der Waals surface area contributed by atoms with Gasteiger partial charge in [0.1, 0.15) is 4.83 Å². The lowest BCUT2D eigenvalue weighted by Crippen LogP contribution is -2.16. The number of amides is 1. The number of aromatic nitrogens is 2. The summed E-state index contributed by atoms with van der Waals surface area (Å²) in [6.45, 7) is 5.92. The van der Waals surface area contributed by atoms with Crippen molar-refractivity contribution in [3.8, 4) is 0 Å². The van der Waals surface area contributed by atoms with Crippen molar-refractivity contribution in [1.82, 2.24) is 9.97 Å². The summed E-state index contributed by atoms with van der Waals surface area (Å²) < 4.78 is 0. The molecule has 0 saturated heterocycles. The molecule has 0 aliphatic rings. The Labute approximate surface area is 147 Å². The average Bonchev–Trinajstić information content (AvgIpc) is 2.91. The summed E-state index contributed by atoms with van der Waals surface area (Å²) in [4.78, 5) is 33.1. The van der Waals surface area contributed by atoms with E-state index >= 15 is 0 Å². The largest absolute Gasteiger partial charge is 0.325 e. The van der Waals surface area contributed by atoms with Crippen molar-refractivity contribution in [3.63, 3.8) is 0 Å². The number of aryl methyl sites for hydroxylation is 2. The van der Waals surface area contributed by atoms with Gasteiger partial charge in [0, 0.05) is 10.6 Å². The van der Waals surface area contributed by atoms with Crippen molar-refractivity contribution in [2.45, 2.75) is 25.9 Å². The maximum absolute atomic E-state index is 12.2. The average molecular weight is 359 g/mol. The number of carbonyl (C=O) groups excluding carboxylic acids is 1. The number of rotatable bonds is 4. The monoisotopic (exact) mass is 359 g/mol. The summed E-state index contributed by atoms with van der Waals surface area (Å²) in [5.41, 5.74) is 2.83. The van der Waals surface area contributed by atoms with Gasteiger partial charge in [-0.05, 0) is 44.0 Å². The molecule has 0 radical (unpaired) electrons. The van der Waals surface area contributed by atoms with Crippen LogP contribution < -0.4 is 10.9 Å². The van der Waals surface area contributed by atoms with E-state index in [9.17, 15) is 9.59 Å². The smallest absolute Gasteiger partial charge is 0.260 e. The second-order valence-corrected chi connectivity index (χ2v) is 7.73. The molecule has 0 aliphatic heterocycles. The third-order valence-electron chi connectivity index (χ3n) is 3.72. The first-order valence-corrected chi connectivity index (χ1v) is 9.23. The number of carbonyl (C=O) groups is 1. The van der Waals surface area contributed by atoms with E-state index < -0.39 is 0 Å². The van der Waals surface area contributed by atoms with E-state index in [4.69, 9.17) is 0 Å². The van der Waals surface area contributed by atoms with E-state index in [1.165, 1.54) is 23.1 Å². The number of aromatic amines is 1. The molecule has 0 atom stereocenters. The van der Waals surface area contributed by atoms with Gasteiger partial charge in [-0.3, -0.25) is 9.59 Å². The molecule has 2 N–H and O–H groups in total. The van der Waals surface area contributed by atoms with Crippen LogP contribution in [0.5, 0.6) is 0 Å². The minimum absolute atomic E-state index is 0.126. The lowest BCUT2D eigenvalue weighted by Gasteiger charge is -2.10. The molecular formula is C17H17N3O2S2. The van der Waals surface area contributed by atoms with Gasteiger partial charge in [0.25, 0.3) is 5.56 Å². The number of nitrogens with one attached hydrogen (secondary N) is 2. The number of thiophene rings is 1. The lowest BCUT2D eigenvalue weighted by atomic mass is 10.1. The third kappa shape index (κ3) is 3.52. The van der Waals surface area contributed by atoms with Crippen molar-refractivity contribution in [2.75, 3.05) is 11.1 Å². The molecule has 0 aliphatic carbocycles. The van der Waals surface area contributed by atoms with Gasteiger partial charge in [-0.25, -0.2) is 4.98 Å². The van der Waals surface area contributed by atoms with Crippen molar-refractivity contribution in [3.05, 3.63) is 50.6 Å². The summed E-state index contributed by atoms with van der Waals surface area (Å²) in [5.74, 6) is 0.0606. The molecule has 124 valence electrons. The Hall–Kier alpha value is -2.12. The standard InChI is InChI=1S/C17H17N3O2S2/c1-9-5-4-6-13(11(9)3)18-14(21)8-23-17-19-15(22)12-7-10(2)24-16(12)20-17/h4-7H,8H2,1-3H3,(H,18,21)(H,19,20,22). The van der Waals surface area contributed by atoms with Gasteiger partial charge in [0.2, 0.25) is 5.91 Å². The number of H-pyrrole nitrogens is 1. The highest BCUT2D eigenvalue weighted by atomic mass is 32.2. The van der Waals surface area contributed by atoms with Crippen LogP contribution in [0, 0.1) is 20.8 Å². The molecule has 1 amide bonds. The fraction of sp³-hybridized carbons (Fsp3) is 0.235. The zero-order chi connectivity index (χ0) is 17.3. The number of hydrogen-bond acceptors (Lipinski definition) is 5. The van der Waals surface area contributed by atoms with Crippen LogP contribution in [0.25, 0.3) is 10.2 Å². The number of anilines is 1. The molecule has 0 unspecified atom stereocenters. The van der Waals surface area contributed by atoms with Crippen LogP contribution in [-0.4, -0.2) is 21.6 Å². The molecule has 1 aromatic carbocycles. The maximum Gasteiger partial charge on any atom is 0.260 e. The van der Waals surface area contributed by atoms with Crippen LogP contribution in [-0.2, 0) is 4.79 Å². The fourth-order valence-electron chi connectivity index (χ4n) is 2.31. The van der Waals surface area contributed by atoms with Crippen LogP contribution >= 0.6 is 23.1 Å². The molecule has 0 spiro atoms. The van der Waals surface area contributed by atoms with Crippen LogP contribution in [0.1, 0.15) is 16.0 Å². The van der Waals surface area contributed by atoms with Gasteiger partial charge in [0.15, 0.2) is 5.16 Å². The molecule has 0 fully saturated rings. The molecule has 0 bridgehead atoms. The summed E-state index contributed by atoms with van der Waals surface area (Å²) in [7, 11) is 0. The van der Waals surface area contributed by atoms with E-state index in [1.807, 2.05) is 45.0 Å². The van der Waals surface area contributed by atoms with E-state index in [0.29, 0.717) is 15.4 Å². The number of fused-ring (bicyclic) bond motifs is 1. The van der Waals surface area contributed by atoms with Gasteiger partial charge < -0.3 is 10.3 Å². The van der Waals surface area contributed by atoms with E-state index in [1.54, 1.807) is 0 Å². The number of nitrogens with zero attached hydrogens (tertiary/aromatic N) is 1. The molecule has 5 nitrogen and oxygen atoms in total. The Balaban J connectivity index is 1.70. The van der Waals surface area contributed by atoms with Gasteiger partial charge in [-0.2, -0.15) is 0 Å². The van der Waals surface area contributed by atoms with E-state index in [0.717, 1.165) is 21.7 Å². The van der Waals surface area contributed by atoms with Crippen molar-refractivity contribution < 1.29 is 4.79 Å². The van der Waals surface area contributed by atoms with Crippen LogP contribution in [0.15, 0.2) is 34.2 Å². The molecule has 0 saturated carbocycles. The molecule has 7 heteroatoms. The van der Waals surface area contributed by atoms with E-state index in [2.05, 4.69) is 15.3 Å². The Kier molecular flexibility index (Phi) is 4.73. The normalized spacial score (nSPS) is 11.0. The molecule has 3 aromatic rings. The summed E-state index contributed by atoms with van der Waals surface area (Å²) in [6, 6.07) is 7.63. The molecule has 2 heterocycles. The fourth-order valence-corrected chi connectivity index (χ4v) is 3.91. The van der Waals surface area contributed by atoms with Crippen molar-refractivity contribution in [2.24, 2.45) is 0 Å². The zero-order valence-electron chi connectivity index (χ0n) is 13.6. The Morgan fingerprint density at radius 3 is 2.92 bits per heavy atom. The molecular weight excluding hydrogens is 342 g/mol. The van der Waals surface area contributed by atoms with E-state index in [-0.39, 0.29) is 17.2 Å². The first-order valence-electron chi connectivity index (χ1n) is 7.43. The van der Waals surface area contributed by atoms with Crippen LogP contribution in [0.3, 0.4) is 0 Å². The maximum atomic E-state index is 12.2. The Bertz CT molecular complexity index is 976. The van der Waals surface area contributed by atoms with Gasteiger partial charge >= 0.3 is 0 Å². The molecule has 2 aromatic heterocycles. The highest BCUT2D eigenvalue weighted by Gasteiger charge is 2.10. The first kappa shape index (κ1) is 16.7. The number of benzene rings is 1. The topological polar surface area (TPSA) is 74.8 Å². The second-order valence-electron chi connectivity index (χ2n) is 5.53. The van der Waals surface area contributed by atoms with Crippen LogP contribution in [0.2, 0.25) is 0 Å². The third-order valence-corrected chi connectivity index (χ3v) is 5.54. The van der Waals surface area contributed by atoms with Crippen molar-refractivity contribution in [1.29, 1.82) is 0 Å².